The highest BCUT2D eigenvalue weighted by molar-refractivity contribution is 6.25. The van der Waals surface area contributed by atoms with Gasteiger partial charge in [-0.2, -0.15) is 0 Å². The predicted octanol–water partition coefficient (Wildman–Crippen LogP) is 0.890. The molecule has 3 unspecified atom stereocenters. The number of primary amides is 1. The number of benzene rings is 1. The Hall–Kier alpha value is -4.40. The fraction of sp³-hybridized carbons (Fsp3) is 0.484. The number of amides is 1. The predicted molar refractivity (Wildman–Crippen MR) is 169 cm³/mol. The molecule has 4 aliphatic carbocycles. The average molecular weight is 622 g/mol. The van der Waals surface area contributed by atoms with E-state index in [9.17, 15) is 34.6 Å². The molecule has 0 aliphatic heterocycles. The second-order valence-corrected chi connectivity index (χ2v) is 12.5. The Kier molecular flexibility index (Phi) is 8.42. The van der Waals surface area contributed by atoms with Crippen LogP contribution in [-0.4, -0.2) is 96.1 Å². The van der Waals surface area contributed by atoms with Crippen molar-refractivity contribution in [3.8, 4) is 0 Å². The summed E-state index contributed by atoms with van der Waals surface area (Å²) in [7, 11) is 6.75. The number of rotatable bonds is 7. The summed E-state index contributed by atoms with van der Waals surface area (Å²) in [6.07, 6.45) is 6.52. The number of guanidine groups is 1. The van der Waals surface area contributed by atoms with Crippen LogP contribution < -0.4 is 21.7 Å². The minimum Gasteiger partial charge on any atom is -0.507 e. The minimum absolute atomic E-state index is 0.00488. The van der Waals surface area contributed by atoms with E-state index in [1.165, 1.54) is 0 Å². The minimum atomic E-state index is -2.75. The van der Waals surface area contributed by atoms with Crippen molar-refractivity contribution in [2.24, 2.45) is 39.4 Å². The topological polar surface area (TPSA) is 224 Å². The number of nitrogens with zero attached hydrogens (tertiary/aromatic N) is 4. The summed E-state index contributed by atoms with van der Waals surface area (Å²) in [5.41, 5.74) is 10.6. The van der Waals surface area contributed by atoms with E-state index in [0.717, 1.165) is 18.4 Å². The van der Waals surface area contributed by atoms with Crippen molar-refractivity contribution in [2.45, 2.75) is 43.4 Å². The normalized spacial score (nSPS) is 29.5. The molecule has 6 atom stereocenters. The number of nitroso groups, excluding NO2 is 1. The van der Waals surface area contributed by atoms with Crippen LogP contribution >= 0.6 is 0 Å². The Labute approximate surface area is 260 Å². The third kappa shape index (κ3) is 5.12. The van der Waals surface area contributed by atoms with E-state index in [1.807, 2.05) is 12.2 Å². The molecule has 0 saturated heterocycles. The van der Waals surface area contributed by atoms with Gasteiger partial charge in [-0.25, -0.2) is 4.99 Å². The van der Waals surface area contributed by atoms with Gasteiger partial charge in [0.2, 0.25) is 11.7 Å². The van der Waals surface area contributed by atoms with Crippen molar-refractivity contribution < 1.29 is 29.7 Å². The molecule has 5 rings (SSSR count). The lowest BCUT2D eigenvalue weighted by atomic mass is 9.54. The Morgan fingerprint density at radius 1 is 1.18 bits per heavy atom. The number of fused-ring (bicyclic) bond motifs is 3. The molecule has 1 amide bonds. The van der Waals surface area contributed by atoms with Crippen molar-refractivity contribution in [1.29, 1.82) is 0 Å². The molecule has 0 spiro atoms. The summed E-state index contributed by atoms with van der Waals surface area (Å²) in [5, 5.41) is 40.7. The number of aliphatic hydroxyl groups is 3. The number of allylic oxidation sites excluding steroid dienone is 2. The molecule has 0 aromatic heterocycles. The van der Waals surface area contributed by atoms with Gasteiger partial charge in [-0.3, -0.25) is 14.4 Å². The zero-order valence-electron chi connectivity index (χ0n) is 25.6. The van der Waals surface area contributed by atoms with E-state index in [1.54, 1.807) is 44.1 Å². The number of aliphatic hydroxyl groups excluding tert-OH is 2. The summed E-state index contributed by atoms with van der Waals surface area (Å²) in [6.45, 7) is 0.304. The van der Waals surface area contributed by atoms with Gasteiger partial charge < -0.3 is 41.9 Å². The number of carbonyl (C=O) groups is 3. The summed E-state index contributed by atoms with van der Waals surface area (Å²) >= 11 is 0. The Bertz CT molecular complexity index is 1590. The first-order chi connectivity index (χ1) is 21.2. The van der Waals surface area contributed by atoms with Gasteiger partial charge >= 0.3 is 0 Å². The molecule has 2 fully saturated rings. The van der Waals surface area contributed by atoms with Gasteiger partial charge in [0.15, 0.2) is 17.3 Å². The largest absolute Gasteiger partial charge is 0.507 e. The lowest BCUT2D eigenvalue weighted by molar-refractivity contribution is -0.184. The number of carbonyl (C=O) groups excluding carboxylic acids is 3. The Balaban J connectivity index is 1.63. The monoisotopic (exact) mass is 621 g/mol. The van der Waals surface area contributed by atoms with Crippen LogP contribution in [0.2, 0.25) is 0 Å². The molecule has 1 aromatic carbocycles. The van der Waals surface area contributed by atoms with Gasteiger partial charge in [-0.15, -0.1) is 4.91 Å². The molecule has 1 aromatic rings. The number of anilines is 2. The summed E-state index contributed by atoms with van der Waals surface area (Å²) < 4.78 is 0. The standard InChI is InChI=1S/C31H39N7O7/c1-37(2)19-12-18(35-30(33)34-13-14-8-6-5-7-9-14)23(36-45)21-16(19)10-15-11-17-24(38(3)4)26(40)22(29(32)43)28(42)31(17,44)27(41)20(15)25(21)39/h6,8-9,12,15,17,22,24,26,39-40,44H,5,7,10-11,13H2,1-4H3,(H2,32,43)(H3,33,34,35)/t15-,17-,22?,24?,26?,31-/m0/s1. The number of nitrogens with two attached hydrogens (primary N) is 2. The first-order valence-electron chi connectivity index (χ1n) is 14.8. The number of hydrogen-bond acceptors (Lipinski definition) is 11. The maximum absolute atomic E-state index is 14.2. The lowest BCUT2D eigenvalue weighted by Gasteiger charge is -2.53. The third-order valence-electron chi connectivity index (χ3n) is 9.40. The van der Waals surface area contributed by atoms with Crippen LogP contribution in [-0.2, 0) is 20.8 Å². The molecule has 45 heavy (non-hydrogen) atoms. The number of likely N-dealkylation sites (N-methyl/N-ethyl adjacent to an activating group) is 1. The smallest absolute Gasteiger partial charge is 0.230 e. The Morgan fingerprint density at radius 2 is 1.89 bits per heavy atom. The van der Waals surface area contributed by atoms with Crippen LogP contribution in [0.1, 0.15) is 30.4 Å². The summed E-state index contributed by atoms with van der Waals surface area (Å²) in [5.74, 6) is -7.76. The molecule has 8 N–H and O–H groups in total. The average Bonchev–Trinajstić information content (AvgIpc) is 2.98. The SMILES string of the molecule is CN(C)c1cc(NC(N)=NCC2=CCCC=C2)c(N=O)c2c1C[C@H]1C[C@H]3C(N(C)C)C(O)C(C(N)=O)C(=O)[C@@]3(O)C(=O)C1=C2O. The van der Waals surface area contributed by atoms with Crippen molar-refractivity contribution in [2.75, 3.05) is 45.0 Å². The highest BCUT2D eigenvalue weighted by Gasteiger charge is 2.67. The molecule has 240 valence electrons. The maximum Gasteiger partial charge on any atom is 0.230 e. The maximum atomic E-state index is 14.2. The summed E-state index contributed by atoms with van der Waals surface area (Å²) in [6, 6.07) is 0.679. The molecule has 4 aliphatic rings. The van der Waals surface area contributed by atoms with Gasteiger partial charge in [-0.1, -0.05) is 18.2 Å². The van der Waals surface area contributed by atoms with Crippen LogP contribution in [0.3, 0.4) is 0 Å². The van der Waals surface area contributed by atoms with Crippen LogP contribution in [0.15, 0.2) is 45.6 Å². The van der Waals surface area contributed by atoms with E-state index in [2.05, 4.69) is 21.6 Å². The molecular weight excluding hydrogens is 582 g/mol. The van der Waals surface area contributed by atoms with Crippen molar-refractivity contribution in [3.63, 3.8) is 0 Å². The number of nitrogens with one attached hydrogen (secondary N) is 1. The van der Waals surface area contributed by atoms with Gasteiger partial charge in [0.05, 0.1) is 23.9 Å². The first-order valence-corrected chi connectivity index (χ1v) is 14.8. The van der Waals surface area contributed by atoms with E-state index in [-0.39, 0.29) is 41.3 Å². The summed E-state index contributed by atoms with van der Waals surface area (Å²) in [4.78, 5) is 60.1. The van der Waals surface area contributed by atoms with Crippen molar-refractivity contribution >= 4 is 46.3 Å². The van der Waals surface area contributed by atoms with Crippen LogP contribution in [0.4, 0.5) is 17.1 Å². The van der Waals surface area contributed by atoms with Crippen molar-refractivity contribution in [3.05, 3.63) is 51.5 Å². The highest BCUT2D eigenvalue weighted by Crippen LogP contribution is 2.54. The molecule has 14 nitrogen and oxygen atoms in total. The van der Waals surface area contributed by atoms with E-state index in [0.29, 0.717) is 17.8 Å². The zero-order chi connectivity index (χ0) is 33.0. The fourth-order valence-corrected chi connectivity index (χ4v) is 7.38. The van der Waals surface area contributed by atoms with Gasteiger partial charge in [0.25, 0.3) is 0 Å². The lowest BCUT2D eigenvalue weighted by Crippen LogP contribution is -2.73. The third-order valence-corrected chi connectivity index (χ3v) is 9.40. The molecule has 0 heterocycles. The van der Waals surface area contributed by atoms with E-state index >= 15 is 0 Å². The Morgan fingerprint density at radius 3 is 2.47 bits per heavy atom. The molecule has 2 saturated carbocycles. The van der Waals surface area contributed by atoms with Crippen LogP contribution in [0, 0.1) is 22.7 Å². The van der Waals surface area contributed by atoms with Gasteiger partial charge in [0, 0.05) is 37.3 Å². The van der Waals surface area contributed by atoms with Gasteiger partial charge in [-0.05, 0) is 68.1 Å². The van der Waals surface area contributed by atoms with Gasteiger partial charge in [0.1, 0.15) is 17.4 Å². The number of aliphatic imine (C=N–C) groups is 1. The number of Topliss-reactive ketones (excluding diaryl/α,β-unsaturated/α-hetero) is 2. The quantitative estimate of drug-likeness (QED) is 0.108. The zero-order valence-corrected chi connectivity index (χ0v) is 25.6. The van der Waals surface area contributed by atoms with Crippen LogP contribution in [0.25, 0.3) is 5.76 Å². The first kappa shape index (κ1) is 32.0. The van der Waals surface area contributed by atoms with Crippen molar-refractivity contribution in [1.82, 2.24) is 4.90 Å². The van der Waals surface area contributed by atoms with E-state index < -0.39 is 58.7 Å². The molecular formula is C31H39N7O7. The highest BCUT2D eigenvalue weighted by atomic mass is 16.3. The fourth-order valence-electron chi connectivity index (χ4n) is 7.38. The number of hydrogen-bond donors (Lipinski definition) is 6. The molecule has 0 radical (unpaired) electrons. The molecule has 14 heteroatoms. The second kappa shape index (κ2) is 11.8. The van der Waals surface area contributed by atoms with E-state index in [4.69, 9.17) is 11.5 Å². The number of ketones is 2. The second-order valence-electron chi connectivity index (χ2n) is 12.5. The van der Waals surface area contributed by atoms with Crippen LogP contribution in [0.5, 0.6) is 0 Å². The molecule has 0 bridgehead atoms.